The average Bonchev–Trinajstić information content (AvgIpc) is 3.00. The number of rotatable bonds is 5. The van der Waals surface area contributed by atoms with Gasteiger partial charge in [-0.3, -0.25) is 0 Å². The van der Waals surface area contributed by atoms with Gasteiger partial charge in [0, 0.05) is 10.4 Å². The zero-order chi connectivity index (χ0) is 14.8. The predicted molar refractivity (Wildman–Crippen MR) is 95.3 cm³/mol. The molecule has 0 amide bonds. The lowest BCUT2D eigenvalue weighted by Gasteiger charge is -2.00. The van der Waals surface area contributed by atoms with Crippen LogP contribution in [-0.4, -0.2) is 4.98 Å². The van der Waals surface area contributed by atoms with E-state index in [2.05, 4.69) is 32.0 Å². The molecule has 2 heterocycles. The van der Waals surface area contributed by atoms with Crippen LogP contribution in [0.3, 0.4) is 0 Å². The molecule has 0 saturated heterocycles. The molecular weight excluding hydrogens is 296 g/mol. The fraction of sp³-hybridized carbons (Fsp3) is 0.353. The van der Waals surface area contributed by atoms with Crippen molar-refractivity contribution in [1.29, 1.82) is 0 Å². The number of nitrogens with two attached hydrogens (primary N) is 1. The zero-order valence-corrected chi connectivity index (χ0v) is 14.1. The highest BCUT2D eigenvalue weighted by atomic mass is 32.1. The van der Waals surface area contributed by atoms with Crippen molar-refractivity contribution in [1.82, 2.24) is 4.98 Å². The summed E-state index contributed by atoms with van der Waals surface area (Å²) >= 11 is 3.48. The Labute approximate surface area is 133 Å². The van der Waals surface area contributed by atoms with Gasteiger partial charge >= 0.3 is 0 Å². The van der Waals surface area contributed by atoms with Crippen LogP contribution in [0.25, 0.3) is 20.8 Å². The maximum atomic E-state index is 6.29. The third kappa shape index (κ3) is 2.83. The normalized spacial score (nSPS) is 11.3. The molecule has 0 saturated carbocycles. The molecule has 0 radical (unpaired) electrons. The van der Waals surface area contributed by atoms with Crippen molar-refractivity contribution < 1.29 is 0 Å². The molecule has 0 aliphatic heterocycles. The van der Waals surface area contributed by atoms with Crippen molar-refractivity contribution in [3.05, 3.63) is 34.7 Å². The highest BCUT2D eigenvalue weighted by Crippen LogP contribution is 2.42. The second-order valence-corrected chi connectivity index (χ2v) is 7.50. The molecule has 2 N–H and O–H groups in total. The van der Waals surface area contributed by atoms with E-state index >= 15 is 0 Å². The summed E-state index contributed by atoms with van der Waals surface area (Å²) in [6.07, 6.45) is 4.92. The first-order valence-electron chi connectivity index (χ1n) is 7.44. The summed E-state index contributed by atoms with van der Waals surface area (Å²) in [6.45, 7) is 4.43. The summed E-state index contributed by atoms with van der Waals surface area (Å²) in [6, 6.07) is 8.28. The van der Waals surface area contributed by atoms with Gasteiger partial charge in [0.25, 0.3) is 0 Å². The number of para-hydroxylation sites is 1. The molecule has 0 spiro atoms. The van der Waals surface area contributed by atoms with Gasteiger partial charge in [0.2, 0.25) is 0 Å². The van der Waals surface area contributed by atoms with Crippen molar-refractivity contribution >= 4 is 37.9 Å². The van der Waals surface area contributed by atoms with Crippen molar-refractivity contribution in [2.24, 2.45) is 0 Å². The second kappa shape index (κ2) is 6.16. The van der Waals surface area contributed by atoms with Crippen molar-refractivity contribution in [2.45, 2.75) is 39.5 Å². The van der Waals surface area contributed by atoms with Crippen LogP contribution in [-0.2, 0) is 6.42 Å². The van der Waals surface area contributed by atoms with Crippen LogP contribution in [0.15, 0.2) is 24.3 Å². The Bertz CT molecular complexity index is 722. The molecule has 2 nitrogen and oxygen atoms in total. The maximum Gasteiger partial charge on any atom is 0.127 e. The Balaban J connectivity index is 1.97. The van der Waals surface area contributed by atoms with Crippen molar-refractivity contribution in [2.75, 3.05) is 5.73 Å². The number of fused-ring (bicyclic) bond motifs is 1. The third-order valence-corrected chi connectivity index (χ3v) is 6.02. The van der Waals surface area contributed by atoms with E-state index in [1.807, 2.05) is 6.07 Å². The number of nitrogen functional groups attached to an aromatic ring is 1. The van der Waals surface area contributed by atoms with Crippen LogP contribution in [0.5, 0.6) is 0 Å². The van der Waals surface area contributed by atoms with Gasteiger partial charge in [0.1, 0.15) is 5.01 Å². The van der Waals surface area contributed by atoms with Crippen molar-refractivity contribution in [3.63, 3.8) is 0 Å². The average molecular weight is 316 g/mol. The van der Waals surface area contributed by atoms with E-state index in [0.29, 0.717) is 0 Å². The third-order valence-electron chi connectivity index (χ3n) is 3.79. The van der Waals surface area contributed by atoms with E-state index in [0.717, 1.165) is 27.5 Å². The Morgan fingerprint density at radius 3 is 2.71 bits per heavy atom. The molecular formula is C17H20N2S2. The number of aromatic nitrogens is 1. The number of aryl methyl sites for hydroxylation is 1. The smallest absolute Gasteiger partial charge is 0.127 e. The number of thiophene rings is 1. The number of anilines is 1. The zero-order valence-electron chi connectivity index (χ0n) is 12.5. The van der Waals surface area contributed by atoms with Crippen LogP contribution >= 0.6 is 22.7 Å². The van der Waals surface area contributed by atoms with Gasteiger partial charge in [0.05, 0.1) is 15.2 Å². The first kappa shape index (κ1) is 14.5. The van der Waals surface area contributed by atoms with Crippen molar-refractivity contribution in [3.8, 4) is 10.6 Å². The lowest BCUT2D eigenvalue weighted by Crippen LogP contribution is -1.87. The number of nitrogens with zero attached hydrogens (tertiary/aromatic N) is 1. The quantitative estimate of drug-likeness (QED) is 0.618. The summed E-state index contributed by atoms with van der Waals surface area (Å²) in [5.74, 6) is 0. The topological polar surface area (TPSA) is 38.9 Å². The molecule has 0 unspecified atom stereocenters. The molecule has 4 heteroatoms. The highest BCUT2D eigenvalue weighted by Gasteiger charge is 2.17. The van der Waals surface area contributed by atoms with Crippen LogP contribution in [0.4, 0.5) is 5.00 Å². The Kier molecular flexibility index (Phi) is 4.27. The molecule has 3 aromatic rings. The van der Waals surface area contributed by atoms with Crippen LogP contribution in [0.2, 0.25) is 0 Å². The Morgan fingerprint density at radius 1 is 1.14 bits per heavy atom. The minimum atomic E-state index is 0.915. The van der Waals surface area contributed by atoms with Gasteiger partial charge in [-0.2, -0.15) is 0 Å². The summed E-state index contributed by atoms with van der Waals surface area (Å²) in [5, 5.41) is 1.97. The first-order valence-corrected chi connectivity index (χ1v) is 9.07. The maximum absolute atomic E-state index is 6.29. The number of unbranched alkanes of at least 4 members (excludes halogenated alkanes) is 2. The van der Waals surface area contributed by atoms with E-state index in [1.54, 1.807) is 22.7 Å². The Morgan fingerprint density at radius 2 is 1.95 bits per heavy atom. The molecule has 21 heavy (non-hydrogen) atoms. The summed E-state index contributed by atoms with van der Waals surface area (Å²) < 4.78 is 1.23. The largest absolute Gasteiger partial charge is 0.390 e. The van der Waals surface area contributed by atoms with Gasteiger partial charge in [-0.1, -0.05) is 31.9 Å². The van der Waals surface area contributed by atoms with Crippen LogP contribution < -0.4 is 5.73 Å². The number of hydrogen-bond donors (Lipinski definition) is 1. The van der Waals surface area contributed by atoms with Gasteiger partial charge in [-0.05, 0) is 37.5 Å². The minimum absolute atomic E-state index is 0.915. The molecule has 2 aromatic heterocycles. The number of hydrogen-bond acceptors (Lipinski definition) is 4. The summed E-state index contributed by atoms with van der Waals surface area (Å²) in [7, 11) is 0. The lowest BCUT2D eigenvalue weighted by atomic mass is 10.1. The van der Waals surface area contributed by atoms with E-state index in [4.69, 9.17) is 10.7 Å². The molecule has 0 aliphatic carbocycles. The first-order chi connectivity index (χ1) is 10.2. The molecule has 110 valence electrons. The van der Waals surface area contributed by atoms with Gasteiger partial charge in [-0.25, -0.2) is 4.98 Å². The fourth-order valence-electron chi connectivity index (χ4n) is 2.60. The number of thiazole rings is 1. The summed E-state index contributed by atoms with van der Waals surface area (Å²) in [4.78, 5) is 6.19. The molecule has 3 rings (SSSR count). The molecule has 0 bridgehead atoms. The number of benzene rings is 1. The van der Waals surface area contributed by atoms with E-state index < -0.39 is 0 Å². The molecule has 0 atom stereocenters. The fourth-order valence-corrected chi connectivity index (χ4v) is 4.87. The van der Waals surface area contributed by atoms with Gasteiger partial charge in [0.15, 0.2) is 0 Å². The monoisotopic (exact) mass is 316 g/mol. The molecule has 0 fully saturated rings. The molecule has 1 aromatic carbocycles. The Hall–Kier alpha value is -1.39. The van der Waals surface area contributed by atoms with Crippen LogP contribution in [0, 0.1) is 6.92 Å². The lowest BCUT2D eigenvalue weighted by molar-refractivity contribution is 0.721. The molecule has 0 aliphatic rings. The minimum Gasteiger partial charge on any atom is -0.390 e. The van der Waals surface area contributed by atoms with E-state index in [9.17, 15) is 0 Å². The van der Waals surface area contributed by atoms with Gasteiger partial charge < -0.3 is 5.73 Å². The summed E-state index contributed by atoms with van der Waals surface area (Å²) in [5.41, 5.74) is 9.84. The standard InChI is InChI=1S/C17H20N2S2/c1-3-4-5-9-13-11(2)15(16(18)20-13)17-19-12-8-6-7-10-14(12)21-17/h6-8,10H,3-5,9,18H2,1-2H3. The second-order valence-electron chi connectivity index (χ2n) is 5.33. The van der Waals surface area contributed by atoms with Gasteiger partial charge in [-0.15, -0.1) is 22.7 Å². The van der Waals surface area contributed by atoms with E-state index in [1.165, 1.54) is 34.4 Å². The predicted octanol–water partition coefficient (Wildman–Crippen LogP) is 5.65. The van der Waals surface area contributed by atoms with Crippen LogP contribution in [0.1, 0.15) is 36.6 Å². The SMILES string of the molecule is CCCCCc1sc(N)c(-c2nc3ccccc3s2)c1C. The highest BCUT2D eigenvalue weighted by molar-refractivity contribution is 7.22. The van der Waals surface area contributed by atoms with E-state index in [-0.39, 0.29) is 0 Å².